The first-order chi connectivity index (χ1) is 9.70. The van der Waals surface area contributed by atoms with Crippen molar-refractivity contribution in [1.29, 1.82) is 0 Å². The fourth-order valence-corrected chi connectivity index (χ4v) is 2.07. The largest absolute Gasteiger partial charge is 0.377 e. The number of anilines is 1. The fraction of sp³-hybridized carbons (Fsp3) is 0.167. The zero-order chi connectivity index (χ0) is 14.4. The molecular weight excluding hydrogens is 244 g/mol. The van der Waals surface area contributed by atoms with Gasteiger partial charge in [-0.3, -0.25) is 0 Å². The van der Waals surface area contributed by atoms with Gasteiger partial charge in [0.05, 0.1) is 0 Å². The highest BCUT2D eigenvalue weighted by Crippen LogP contribution is 2.20. The van der Waals surface area contributed by atoms with E-state index in [-0.39, 0.29) is 0 Å². The summed E-state index contributed by atoms with van der Waals surface area (Å²) in [5, 5.41) is 0. The van der Waals surface area contributed by atoms with Gasteiger partial charge in [0.1, 0.15) is 0 Å². The van der Waals surface area contributed by atoms with Gasteiger partial charge in [0, 0.05) is 31.9 Å². The average Bonchev–Trinajstić information content (AvgIpc) is 2.47. The van der Waals surface area contributed by atoms with E-state index in [1.807, 2.05) is 6.08 Å². The molecule has 0 fully saturated rings. The van der Waals surface area contributed by atoms with Gasteiger partial charge in [-0.05, 0) is 23.3 Å². The quantitative estimate of drug-likeness (QED) is 0.593. The number of benzene rings is 1. The number of nitrogens with zero attached hydrogens (tertiary/aromatic N) is 2. The van der Waals surface area contributed by atoms with E-state index in [1.54, 1.807) is 0 Å². The maximum absolute atomic E-state index is 3.74. The molecule has 0 atom stereocenters. The molecular formula is C18H21N2+. The zero-order valence-electron chi connectivity index (χ0n) is 12.2. The van der Waals surface area contributed by atoms with Crippen molar-refractivity contribution in [2.45, 2.75) is 6.54 Å². The van der Waals surface area contributed by atoms with E-state index in [1.165, 1.54) is 16.8 Å². The van der Waals surface area contributed by atoms with Gasteiger partial charge < -0.3 is 4.90 Å². The Morgan fingerprint density at radius 1 is 1.05 bits per heavy atom. The molecule has 0 unspecified atom stereocenters. The average molecular weight is 265 g/mol. The second kappa shape index (κ2) is 6.71. The zero-order valence-corrected chi connectivity index (χ0v) is 12.2. The summed E-state index contributed by atoms with van der Waals surface area (Å²) in [5.41, 5.74) is 3.64. The summed E-state index contributed by atoms with van der Waals surface area (Å²) in [4.78, 5) is 2.13. The van der Waals surface area contributed by atoms with Crippen molar-refractivity contribution < 1.29 is 4.57 Å². The van der Waals surface area contributed by atoms with E-state index < -0.39 is 0 Å². The van der Waals surface area contributed by atoms with E-state index in [0.717, 1.165) is 6.54 Å². The van der Waals surface area contributed by atoms with Crippen LogP contribution < -0.4 is 9.47 Å². The van der Waals surface area contributed by atoms with Gasteiger partial charge in [-0.1, -0.05) is 36.9 Å². The summed E-state index contributed by atoms with van der Waals surface area (Å²) in [7, 11) is 4.13. The van der Waals surface area contributed by atoms with Crippen LogP contribution in [0, 0.1) is 0 Å². The predicted octanol–water partition coefficient (Wildman–Crippen LogP) is 3.40. The molecule has 2 aromatic rings. The first kappa shape index (κ1) is 14.1. The van der Waals surface area contributed by atoms with Gasteiger partial charge in [0.25, 0.3) is 0 Å². The topological polar surface area (TPSA) is 7.12 Å². The second-order valence-electron chi connectivity index (χ2n) is 4.90. The standard InChI is InChI=1S/C18H21N2/c1-4-13-20-14-11-16(12-15-20)9-10-17-7-5-6-8-18(17)19(2)3/h4-12,14-15H,1,13H2,2-3H3/q+1. The minimum Gasteiger partial charge on any atom is -0.377 e. The number of rotatable bonds is 5. The summed E-state index contributed by atoms with van der Waals surface area (Å²) in [6, 6.07) is 12.6. The van der Waals surface area contributed by atoms with Crippen LogP contribution in [0.25, 0.3) is 12.2 Å². The Kier molecular flexibility index (Phi) is 4.72. The van der Waals surface area contributed by atoms with Crippen LogP contribution in [0.15, 0.2) is 61.4 Å². The first-order valence-corrected chi connectivity index (χ1v) is 6.75. The lowest BCUT2D eigenvalue weighted by Gasteiger charge is -2.15. The molecule has 0 amide bonds. The molecule has 1 aromatic carbocycles. The summed E-state index contributed by atoms with van der Waals surface area (Å²) in [6.07, 6.45) is 10.3. The molecule has 2 rings (SSSR count). The lowest BCUT2D eigenvalue weighted by atomic mass is 10.1. The highest BCUT2D eigenvalue weighted by Gasteiger charge is 2.00. The summed E-state index contributed by atoms with van der Waals surface area (Å²) in [5.74, 6) is 0. The smallest absolute Gasteiger partial charge is 0.169 e. The molecule has 0 aliphatic heterocycles. The fourth-order valence-electron chi connectivity index (χ4n) is 2.07. The van der Waals surface area contributed by atoms with Crippen LogP contribution in [-0.2, 0) is 6.54 Å². The number of hydrogen-bond acceptors (Lipinski definition) is 1. The van der Waals surface area contributed by atoms with Gasteiger partial charge in [-0.15, -0.1) is 0 Å². The maximum Gasteiger partial charge on any atom is 0.169 e. The molecule has 0 saturated heterocycles. The molecule has 2 heteroatoms. The van der Waals surface area contributed by atoms with E-state index in [2.05, 4.69) is 91.1 Å². The third kappa shape index (κ3) is 3.58. The van der Waals surface area contributed by atoms with E-state index in [9.17, 15) is 0 Å². The third-order valence-electron chi connectivity index (χ3n) is 3.13. The number of hydrogen-bond donors (Lipinski definition) is 0. The maximum atomic E-state index is 3.74. The van der Waals surface area contributed by atoms with Gasteiger partial charge in [-0.25, -0.2) is 4.57 Å². The first-order valence-electron chi connectivity index (χ1n) is 6.75. The Morgan fingerprint density at radius 3 is 2.40 bits per heavy atom. The highest BCUT2D eigenvalue weighted by molar-refractivity contribution is 5.76. The summed E-state index contributed by atoms with van der Waals surface area (Å²) in [6.45, 7) is 4.58. The van der Waals surface area contributed by atoms with Crippen molar-refractivity contribution >= 4 is 17.8 Å². The molecule has 1 aromatic heterocycles. The molecule has 2 nitrogen and oxygen atoms in total. The Bertz CT molecular complexity index is 595. The Hall–Kier alpha value is -2.35. The van der Waals surface area contributed by atoms with Crippen LogP contribution in [0.3, 0.4) is 0 Å². The minimum absolute atomic E-state index is 0.841. The van der Waals surface area contributed by atoms with E-state index in [4.69, 9.17) is 0 Å². The Balaban J connectivity index is 2.19. The molecule has 0 N–H and O–H groups in total. The molecule has 0 radical (unpaired) electrons. The van der Waals surface area contributed by atoms with Crippen molar-refractivity contribution in [3.63, 3.8) is 0 Å². The van der Waals surface area contributed by atoms with Crippen LogP contribution in [0.5, 0.6) is 0 Å². The van der Waals surface area contributed by atoms with Gasteiger partial charge in [0.2, 0.25) is 0 Å². The predicted molar refractivity (Wildman–Crippen MR) is 86.5 cm³/mol. The molecule has 102 valence electrons. The molecule has 20 heavy (non-hydrogen) atoms. The van der Waals surface area contributed by atoms with Gasteiger partial charge >= 0.3 is 0 Å². The lowest BCUT2D eigenvalue weighted by Crippen LogP contribution is -2.31. The number of allylic oxidation sites excluding steroid dienone is 1. The van der Waals surface area contributed by atoms with Gasteiger partial charge in [-0.2, -0.15) is 0 Å². The van der Waals surface area contributed by atoms with Crippen LogP contribution in [0.1, 0.15) is 11.1 Å². The minimum atomic E-state index is 0.841. The molecule has 0 spiro atoms. The normalized spacial score (nSPS) is 10.7. The van der Waals surface area contributed by atoms with Gasteiger partial charge in [0.15, 0.2) is 18.9 Å². The van der Waals surface area contributed by atoms with Crippen LogP contribution in [-0.4, -0.2) is 14.1 Å². The third-order valence-corrected chi connectivity index (χ3v) is 3.13. The second-order valence-corrected chi connectivity index (χ2v) is 4.90. The van der Waals surface area contributed by atoms with Crippen molar-refractivity contribution in [1.82, 2.24) is 0 Å². The van der Waals surface area contributed by atoms with Crippen molar-refractivity contribution in [2.75, 3.05) is 19.0 Å². The van der Waals surface area contributed by atoms with Crippen LogP contribution in [0.2, 0.25) is 0 Å². The summed E-state index contributed by atoms with van der Waals surface area (Å²) < 4.78 is 2.10. The molecule has 1 heterocycles. The Morgan fingerprint density at radius 2 is 1.75 bits per heavy atom. The number of aromatic nitrogens is 1. The van der Waals surface area contributed by atoms with Crippen molar-refractivity contribution in [3.8, 4) is 0 Å². The molecule has 0 aliphatic carbocycles. The highest BCUT2D eigenvalue weighted by atomic mass is 15.1. The van der Waals surface area contributed by atoms with Crippen molar-refractivity contribution in [2.24, 2.45) is 0 Å². The molecule has 0 saturated carbocycles. The number of pyridine rings is 1. The van der Waals surface area contributed by atoms with Crippen molar-refractivity contribution in [3.05, 3.63) is 72.6 Å². The van der Waals surface area contributed by atoms with Crippen LogP contribution in [0.4, 0.5) is 5.69 Å². The summed E-state index contributed by atoms with van der Waals surface area (Å²) >= 11 is 0. The molecule has 0 aliphatic rings. The van der Waals surface area contributed by atoms with E-state index >= 15 is 0 Å². The van der Waals surface area contributed by atoms with Crippen LogP contribution >= 0.6 is 0 Å². The lowest BCUT2D eigenvalue weighted by molar-refractivity contribution is -0.687. The Labute approximate surface area is 121 Å². The SMILES string of the molecule is C=CC[n+]1ccc(/C=C/c2ccccc2N(C)C)cc1. The van der Waals surface area contributed by atoms with E-state index in [0.29, 0.717) is 0 Å². The number of para-hydroxylation sites is 1. The monoisotopic (exact) mass is 265 g/mol. The molecule has 0 bridgehead atoms.